The van der Waals surface area contributed by atoms with Crippen LogP contribution in [0, 0.1) is 3.57 Å². The van der Waals surface area contributed by atoms with Gasteiger partial charge in [0.25, 0.3) is 0 Å². The van der Waals surface area contributed by atoms with Crippen LogP contribution in [0.5, 0.6) is 11.5 Å². The van der Waals surface area contributed by atoms with Gasteiger partial charge < -0.3 is 23.7 Å². The average Bonchev–Trinajstić information content (AvgIpc) is 2.87. The lowest BCUT2D eigenvalue weighted by atomic mass is 9.78. The van der Waals surface area contributed by atoms with E-state index in [9.17, 15) is 9.59 Å². The molecule has 2 aromatic rings. The highest BCUT2D eigenvalue weighted by molar-refractivity contribution is 14.1. The molecule has 2 aromatic carbocycles. The molecule has 0 heterocycles. The van der Waals surface area contributed by atoms with Gasteiger partial charge in [-0.3, -0.25) is 9.59 Å². The fraction of sp³-hybridized carbons (Fsp3) is 0.517. The highest BCUT2D eigenvalue weighted by Crippen LogP contribution is 2.35. The Morgan fingerprint density at radius 1 is 0.895 bits per heavy atom. The van der Waals surface area contributed by atoms with Crippen molar-refractivity contribution in [1.29, 1.82) is 0 Å². The predicted octanol–water partition coefficient (Wildman–Crippen LogP) is 6.29. The number of hydrogen-bond acceptors (Lipinski definition) is 7. The Morgan fingerprint density at radius 3 is 2.08 bits per heavy atom. The summed E-state index contributed by atoms with van der Waals surface area (Å²) in [4.78, 5) is 22.6. The van der Waals surface area contributed by atoms with Crippen LogP contribution in [0.4, 0.5) is 0 Å². The number of carbonyl (C=O) groups is 2. The van der Waals surface area contributed by atoms with Gasteiger partial charge in [0.2, 0.25) is 0 Å². The molecule has 0 amide bonds. The molecule has 0 aromatic heterocycles. The van der Waals surface area contributed by atoms with Crippen LogP contribution < -0.4 is 9.47 Å². The second-order valence-corrected chi connectivity index (χ2v) is 10.9. The summed E-state index contributed by atoms with van der Waals surface area (Å²) in [7, 11) is 0. The van der Waals surface area contributed by atoms with Gasteiger partial charge in [-0.1, -0.05) is 45.4 Å². The van der Waals surface area contributed by atoms with Crippen LogP contribution in [0.1, 0.15) is 58.6 Å². The number of rotatable bonds is 16. The molecule has 38 heavy (non-hydrogen) atoms. The number of alkyl halides is 1. The predicted molar refractivity (Wildman–Crippen MR) is 156 cm³/mol. The molecule has 9 heteroatoms. The van der Waals surface area contributed by atoms with E-state index in [-0.39, 0.29) is 36.4 Å². The quantitative estimate of drug-likeness (QED) is 0.0906. The third-order valence-electron chi connectivity index (χ3n) is 5.87. The van der Waals surface area contributed by atoms with Gasteiger partial charge >= 0.3 is 11.9 Å². The lowest BCUT2D eigenvalue weighted by Gasteiger charge is -2.27. The number of ether oxygens (including phenoxy) is 5. The van der Waals surface area contributed by atoms with Crippen molar-refractivity contribution in [3.8, 4) is 11.5 Å². The van der Waals surface area contributed by atoms with Gasteiger partial charge in [-0.05, 0) is 64.4 Å². The van der Waals surface area contributed by atoms with E-state index in [1.54, 1.807) is 0 Å². The highest BCUT2D eigenvalue weighted by atomic mass is 127. The molecule has 0 unspecified atom stereocenters. The highest BCUT2D eigenvalue weighted by Gasteiger charge is 2.24. The second-order valence-electron chi connectivity index (χ2n) is 9.46. The first-order chi connectivity index (χ1) is 18.1. The first-order valence-corrected chi connectivity index (χ1v) is 14.3. The van der Waals surface area contributed by atoms with Crippen molar-refractivity contribution >= 4 is 46.1 Å². The van der Waals surface area contributed by atoms with Crippen LogP contribution >= 0.6 is 34.2 Å². The average molecular weight is 661 g/mol. The van der Waals surface area contributed by atoms with Crippen LogP contribution in [0.3, 0.4) is 0 Å². The zero-order valence-electron chi connectivity index (χ0n) is 22.8. The molecule has 0 radical (unpaired) electrons. The molecule has 0 aliphatic carbocycles. The topological polar surface area (TPSA) is 80.3 Å². The van der Waals surface area contributed by atoms with Gasteiger partial charge in [0.15, 0.2) is 6.10 Å². The minimum absolute atomic E-state index is 0.165. The molecule has 0 N–H and O–H groups in total. The lowest BCUT2D eigenvalue weighted by molar-refractivity contribution is -0.151. The SMILES string of the molecule is CCCCOC[C@H](COc1ccc(C(C)(C)c2ccc(OC[C@@H](CCl)OC(C)=O)c(I)c2)cc1)OC(C)=O. The summed E-state index contributed by atoms with van der Waals surface area (Å²) < 4.78 is 28.8. The van der Waals surface area contributed by atoms with E-state index in [4.69, 9.17) is 35.3 Å². The number of unbranched alkanes of at least 4 members (excludes halogenated alkanes) is 1. The van der Waals surface area contributed by atoms with Crippen LogP contribution in [-0.4, -0.2) is 56.5 Å². The van der Waals surface area contributed by atoms with Gasteiger partial charge in [-0.15, -0.1) is 11.6 Å². The molecule has 0 saturated carbocycles. The summed E-state index contributed by atoms with van der Waals surface area (Å²) in [5.41, 5.74) is 1.96. The molecule has 2 rings (SSSR count). The molecule has 7 nitrogen and oxygen atoms in total. The zero-order chi connectivity index (χ0) is 28.1. The van der Waals surface area contributed by atoms with Crippen molar-refractivity contribution in [3.05, 3.63) is 57.2 Å². The Morgan fingerprint density at radius 2 is 1.50 bits per heavy atom. The number of halogens is 2. The van der Waals surface area contributed by atoms with Crippen molar-refractivity contribution in [2.75, 3.05) is 32.3 Å². The van der Waals surface area contributed by atoms with E-state index in [0.717, 1.165) is 27.5 Å². The third kappa shape index (κ3) is 10.6. The summed E-state index contributed by atoms with van der Waals surface area (Å²) in [6.45, 7) is 10.5. The largest absolute Gasteiger partial charge is 0.490 e. The molecule has 2 atom stereocenters. The summed E-state index contributed by atoms with van der Waals surface area (Å²) >= 11 is 8.12. The molecule has 210 valence electrons. The van der Waals surface area contributed by atoms with Crippen molar-refractivity contribution in [2.24, 2.45) is 0 Å². The van der Waals surface area contributed by atoms with Crippen LogP contribution in [-0.2, 0) is 29.2 Å². The van der Waals surface area contributed by atoms with Crippen molar-refractivity contribution in [2.45, 2.75) is 65.1 Å². The van der Waals surface area contributed by atoms with Crippen molar-refractivity contribution in [1.82, 2.24) is 0 Å². The van der Waals surface area contributed by atoms with Crippen LogP contribution in [0.15, 0.2) is 42.5 Å². The van der Waals surface area contributed by atoms with E-state index in [1.807, 2.05) is 36.4 Å². The molecule has 0 aliphatic rings. The molecular weight excluding hydrogens is 623 g/mol. The maximum Gasteiger partial charge on any atom is 0.303 e. The number of benzene rings is 2. The van der Waals surface area contributed by atoms with Gasteiger partial charge in [-0.2, -0.15) is 0 Å². The summed E-state index contributed by atoms with van der Waals surface area (Å²) in [5, 5.41) is 0. The van der Waals surface area contributed by atoms with E-state index in [0.29, 0.717) is 24.7 Å². The van der Waals surface area contributed by atoms with E-state index in [1.165, 1.54) is 13.8 Å². The lowest BCUT2D eigenvalue weighted by Crippen LogP contribution is -2.29. The Kier molecular flexibility index (Phi) is 13.7. The molecule has 0 aliphatic heterocycles. The standard InChI is InChI=1S/C29H38ClIO7/c1-6-7-14-34-17-26(38-21(3)33)19-35-24-11-8-22(9-12-24)29(4,5)23-10-13-28(27(31)15-23)36-18-25(16-30)37-20(2)32/h8-13,15,25-26H,6-7,14,16-19H2,1-5H3/t25-,26-/m1/s1. The Bertz CT molecular complexity index is 1030. The molecule has 0 spiro atoms. The summed E-state index contributed by atoms with van der Waals surface area (Å²) in [6, 6.07) is 14.0. The monoisotopic (exact) mass is 660 g/mol. The first kappa shape index (κ1) is 32.2. The van der Waals surface area contributed by atoms with Crippen LogP contribution in [0.25, 0.3) is 0 Å². The maximum absolute atomic E-state index is 11.4. The number of hydrogen-bond donors (Lipinski definition) is 0. The summed E-state index contributed by atoms with van der Waals surface area (Å²) in [6.07, 6.45) is 1.04. The first-order valence-electron chi connectivity index (χ1n) is 12.7. The molecule has 0 bridgehead atoms. The van der Waals surface area contributed by atoms with Gasteiger partial charge in [0.1, 0.15) is 30.8 Å². The molecule has 0 saturated heterocycles. The van der Waals surface area contributed by atoms with Crippen LogP contribution in [0.2, 0.25) is 0 Å². The zero-order valence-corrected chi connectivity index (χ0v) is 25.7. The van der Waals surface area contributed by atoms with Crippen molar-refractivity contribution < 1.29 is 33.3 Å². The van der Waals surface area contributed by atoms with E-state index in [2.05, 4.69) is 49.4 Å². The Balaban J connectivity index is 2.02. The fourth-order valence-electron chi connectivity index (χ4n) is 3.67. The smallest absolute Gasteiger partial charge is 0.303 e. The number of esters is 2. The minimum Gasteiger partial charge on any atom is -0.490 e. The summed E-state index contributed by atoms with van der Waals surface area (Å²) in [5.74, 6) is 0.817. The van der Waals surface area contributed by atoms with Gasteiger partial charge in [-0.25, -0.2) is 0 Å². The van der Waals surface area contributed by atoms with E-state index < -0.39 is 12.2 Å². The second kappa shape index (κ2) is 16.2. The number of carbonyl (C=O) groups excluding carboxylic acids is 2. The Hall–Kier alpha value is -2.04. The minimum atomic E-state index is -0.500. The van der Waals surface area contributed by atoms with Crippen molar-refractivity contribution in [3.63, 3.8) is 0 Å². The van der Waals surface area contributed by atoms with Gasteiger partial charge in [0.05, 0.1) is 16.1 Å². The Labute approximate surface area is 244 Å². The van der Waals surface area contributed by atoms with Gasteiger partial charge in [0, 0.05) is 25.9 Å². The fourth-order valence-corrected chi connectivity index (χ4v) is 4.49. The molecule has 0 fully saturated rings. The van der Waals surface area contributed by atoms with E-state index >= 15 is 0 Å². The molecular formula is C29H38ClIO7. The normalized spacial score (nSPS) is 12.9. The maximum atomic E-state index is 11.4. The third-order valence-corrected chi connectivity index (χ3v) is 7.06.